The molecule has 0 aromatic heterocycles. The lowest BCUT2D eigenvalue weighted by atomic mass is 10.0. The molecule has 0 spiro atoms. The Morgan fingerprint density at radius 3 is 2.60 bits per heavy atom. The van der Waals surface area contributed by atoms with Crippen LogP contribution in [0.25, 0.3) is 0 Å². The van der Waals surface area contributed by atoms with Crippen LogP contribution in [0.3, 0.4) is 0 Å². The maximum absolute atomic E-state index is 11.9. The Labute approximate surface area is 118 Å². The Balaban J connectivity index is 1.89. The number of aryl methyl sites for hydroxylation is 2. The molecule has 0 saturated heterocycles. The molecule has 1 aliphatic rings. The first-order chi connectivity index (χ1) is 9.45. The highest BCUT2D eigenvalue weighted by molar-refractivity contribution is 5.80. The summed E-state index contributed by atoms with van der Waals surface area (Å²) in [5.74, 6) is -1.40. The van der Waals surface area contributed by atoms with Crippen LogP contribution >= 0.6 is 0 Å². The standard InChI is InChI=1S/C16H19NO3/c1-10-3-4-12(7-11(10)2)8-15(18)17-14-6-5-13(9-14)16(19)20/h3-7,13-14H,8-9H2,1-2H3,(H,17,18)(H,19,20). The van der Waals surface area contributed by atoms with Gasteiger partial charge in [-0.05, 0) is 37.0 Å². The van der Waals surface area contributed by atoms with E-state index in [2.05, 4.69) is 5.32 Å². The fourth-order valence-corrected chi connectivity index (χ4v) is 2.35. The van der Waals surface area contributed by atoms with Crippen molar-refractivity contribution in [1.82, 2.24) is 5.32 Å². The third-order valence-corrected chi connectivity index (χ3v) is 3.68. The lowest BCUT2D eigenvalue weighted by molar-refractivity contribution is -0.140. The van der Waals surface area contributed by atoms with Crippen LogP contribution in [-0.4, -0.2) is 23.0 Å². The van der Waals surface area contributed by atoms with Crippen molar-refractivity contribution in [1.29, 1.82) is 0 Å². The molecule has 106 valence electrons. The summed E-state index contributed by atoms with van der Waals surface area (Å²) < 4.78 is 0. The van der Waals surface area contributed by atoms with Crippen LogP contribution in [0.1, 0.15) is 23.1 Å². The SMILES string of the molecule is Cc1ccc(CC(=O)NC2C=CC(C(=O)O)C2)cc1C. The van der Waals surface area contributed by atoms with Crippen molar-refractivity contribution in [3.8, 4) is 0 Å². The molecule has 0 saturated carbocycles. The van der Waals surface area contributed by atoms with Crippen molar-refractivity contribution in [3.63, 3.8) is 0 Å². The van der Waals surface area contributed by atoms with Gasteiger partial charge in [0.05, 0.1) is 12.3 Å². The molecule has 4 heteroatoms. The van der Waals surface area contributed by atoms with Gasteiger partial charge in [0, 0.05) is 6.04 Å². The highest BCUT2D eigenvalue weighted by Crippen LogP contribution is 2.18. The van der Waals surface area contributed by atoms with Crippen LogP contribution < -0.4 is 5.32 Å². The molecule has 2 rings (SSSR count). The lowest BCUT2D eigenvalue weighted by Gasteiger charge is -2.12. The van der Waals surface area contributed by atoms with Gasteiger partial charge in [0.2, 0.25) is 5.91 Å². The fourth-order valence-electron chi connectivity index (χ4n) is 2.35. The first-order valence-electron chi connectivity index (χ1n) is 6.72. The Morgan fingerprint density at radius 1 is 1.25 bits per heavy atom. The second kappa shape index (κ2) is 5.90. The highest BCUT2D eigenvalue weighted by Gasteiger charge is 2.25. The summed E-state index contributed by atoms with van der Waals surface area (Å²) in [4.78, 5) is 22.8. The van der Waals surface area contributed by atoms with Gasteiger partial charge < -0.3 is 10.4 Å². The number of rotatable bonds is 4. The minimum Gasteiger partial charge on any atom is -0.481 e. The Kier molecular flexibility index (Phi) is 4.23. The maximum Gasteiger partial charge on any atom is 0.310 e. The molecule has 0 fully saturated rings. The molecule has 1 aromatic rings. The molecule has 1 aliphatic carbocycles. The summed E-state index contributed by atoms with van der Waals surface area (Å²) in [5, 5.41) is 11.8. The van der Waals surface area contributed by atoms with Gasteiger partial charge in [0.1, 0.15) is 0 Å². The topological polar surface area (TPSA) is 66.4 Å². The van der Waals surface area contributed by atoms with E-state index >= 15 is 0 Å². The molecule has 4 nitrogen and oxygen atoms in total. The zero-order valence-electron chi connectivity index (χ0n) is 11.7. The lowest BCUT2D eigenvalue weighted by Crippen LogP contribution is -2.34. The normalized spacial score (nSPS) is 20.9. The average molecular weight is 273 g/mol. The highest BCUT2D eigenvalue weighted by atomic mass is 16.4. The molecule has 0 aliphatic heterocycles. The smallest absolute Gasteiger partial charge is 0.310 e. The molecule has 20 heavy (non-hydrogen) atoms. The summed E-state index contributed by atoms with van der Waals surface area (Å²) in [6, 6.07) is 5.80. The number of amides is 1. The van der Waals surface area contributed by atoms with E-state index in [0.29, 0.717) is 12.8 Å². The summed E-state index contributed by atoms with van der Waals surface area (Å²) in [7, 11) is 0. The van der Waals surface area contributed by atoms with E-state index in [4.69, 9.17) is 5.11 Å². The van der Waals surface area contributed by atoms with Gasteiger partial charge >= 0.3 is 5.97 Å². The molecule has 1 amide bonds. The van der Waals surface area contributed by atoms with Crippen molar-refractivity contribution in [3.05, 3.63) is 47.0 Å². The van der Waals surface area contributed by atoms with Gasteiger partial charge in [-0.15, -0.1) is 0 Å². The van der Waals surface area contributed by atoms with Crippen molar-refractivity contribution >= 4 is 11.9 Å². The third-order valence-electron chi connectivity index (χ3n) is 3.68. The largest absolute Gasteiger partial charge is 0.481 e. The number of hydrogen-bond acceptors (Lipinski definition) is 2. The molecular formula is C16H19NO3. The summed E-state index contributed by atoms with van der Waals surface area (Å²) in [6.07, 6.45) is 4.16. The van der Waals surface area contributed by atoms with Crippen LogP contribution in [0.5, 0.6) is 0 Å². The number of aliphatic carboxylic acids is 1. The Hall–Kier alpha value is -2.10. The minimum absolute atomic E-state index is 0.0751. The molecule has 1 aromatic carbocycles. The number of carbonyl (C=O) groups excluding carboxylic acids is 1. The van der Waals surface area contributed by atoms with E-state index in [1.54, 1.807) is 12.2 Å². The monoisotopic (exact) mass is 273 g/mol. The number of hydrogen-bond donors (Lipinski definition) is 2. The van der Waals surface area contributed by atoms with E-state index < -0.39 is 11.9 Å². The number of carbonyl (C=O) groups is 2. The van der Waals surface area contributed by atoms with Crippen LogP contribution in [0.15, 0.2) is 30.4 Å². The number of carboxylic acid groups (broad SMARTS) is 1. The number of carboxylic acids is 1. The zero-order chi connectivity index (χ0) is 14.7. The van der Waals surface area contributed by atoms with Crippen LogP contribution in [0.2, 0.25) is 0 Å². The molecule has 2 atom stereocenters. The van der Waals surface area contributed by atoms with Crippen LogP contribution in [-0.2, 0) is 16.0 Å². The molecule has 2 N–H and O–H groups in total. The Bertz CT molecular complexity index is 563. The van der Waals surface area contributed by atoms with E-state index in [1.165, 1.54) is 11.1 Å². The zero-order valence-corrected chi connectivity index (χ0v) is 11.7. The van der Waals surface area contributed by atoms with Gasteiger partial charge in [-0.3, -0.25) is 9.59 Å². The van der Waals surface area contributed by atoms with Crippen molar-refractivity contribution in [2.75, 3.05) is 0 Å². The number of benzene rings is 1. The van der Waals surface area contributed by atoms with Crippen molar-refractivity contribution in [2.24, 2.45) is 5.92 Å². The molecule has 0 radical (unpaired) electrons. The molecule has 0 heterocycles. The second-order valence-electron chi connectivity index (χ2n) is 5.33. The van der Waals surface area contributed by atoms with Gasteiger partial charge in [-0.25, -0.2) is 0 Å². The van der Waals surface area contributed by atoms with E-state index in [0.717, 1.165) is 5.56 Å². The van der Waals surface area contributed by atoms with Gasteiger partial charge in [-0.2, -0.15) is 0 Å². The van der Waals surface area contributed by atoms with Crippen molar-refractivity contribution < 1.29 is 14.7 Å². The predicted octanol–water partition coefficient (Wildman–Crippen LogP) is 1.99. The second-order valence-corrected chi connectivity index (χ2v) is 5.33. The van der Waals surface area contributed by atoms with Crippen LogP contribution in [0.4, 0.5) is 0 Å². The van der Waals surface area contributed by atoms with Gasteiger partial charge in [-0.1, -0.05) is 30.4 Å². The molecule has 2 unspecified atom stereocenters. The maximum atomic E-state index is 11.9. The third kappa shape index (κ3) is 3.47. The quantitative estimate of drug-likeness (QED) is 0.824. The summed E-state index contributed by atoms with van der Waals surface area (Å²) in [5.41, 5.74) is 3.35. The first-order valence-corrected chi connectivity index (χ1v) is 6.72. The van der Waals surface area contributed by atoms with Crippen molar-refractivity contribution in [2.45, 2.75) is 32.7 Å². The molecule has 0 bridgehead atoms. The minimum atomic E-state index is -0.841. The summed E-state index contributed by atoms with van der Waals surface area (Å²) in [6.45, 7) is 4.06. The van der Waals surface area contributed by atoms with Crippen LogP contribution in [0, 0.1) is 19.8 Å². The van der Waals surface area contributed by atoms with E-state index in [1.807, 2.05) is 32.0 Å². The Morgan fingerprint density at radius 2 is 2.00 bits per heavy atom. The van der Waals surface area contributed by atoms with Gasteiger partial charge in [0.25, 0.3) is 0 Å². The summed E-state index contributed by atoms with van der Waals surface area (Å²) >= 11 is 0. The fraction of sp³-hybridized carbons (Fsp3) is 0.375. The first kappa shape index (κ1) is 14.3. The van der Waals surface area contributed by atoms with Gasteiger partial charge in [0.15, 0.2) is 0 Å². The predicted molar refractivity (Wildman–Crippen MR) is 76.4 cm³/mol. The number of nitrogens with one attached hydrogen (secondary N) is 1. The molecular weight excluding hydrogens is 254 g/mol. The van der Waals surface area contributed by atoms with E-state index in [9.17, 15) is 9.59 Å². The average Bonchev–Trinajstić information content (AvgIpc) is 2.82. The van der Waals surface area contributed by atoms with E-state index in [-0.39, 0.29) is 11.9 Å².